The van der Waals surface area contributed by atoms with Gasteiger partial charge >= 0.3 is 0 Å². The number of carbonyl (C=O) groups excluding carboxylic acids is 2. The lowest BCUT2D eigenvalue weighted by atomic mass is 9.92. The lowest BCUT2D eigenvalue weighted by Gasteiger charge is -2.26. The zero-order chi connectivity index (χ0) is 17.1. The maximum absolute atomic E-state index is 12.8. The van der Waals surface area contributed by atoms with E-state index < -0.39 is 0 Å². The summed E-state index contributed by atoms with van der Waals surface area (Å²) in [6, 6.07) is 7.26. The van der Waals surface area contributed by atoms with Crippen LogP contribution in [0.3, 0.4) is 0 Å². The lowest BCUT2D eigenvalue weighted by molar-refractivity contribution is -0.138. The van der Waals surface area contributed by atoms with E-state index >= 15 is 0 Å². The number of carbonyl (C=O) groups is 2. The van der Waals surface area contributed by atoms with Gasteiger partial charge < -0.3 is 15.0 Å². The van der Waals surface area contributed by atoms with E-state index in [0.29, 0.717) is 29.8 Å². The fraction of sp³-hybridized carbons (Fsp3) is 0.474. The number of benzene rings is 1. The number of amides is 2. The first-order valence-electron chi connectivity index (χ1n) is 8.52. The van der Waals surface area contributed by atoms with Crippen molar-refractivity contribution in [2.75, 3.05) is 25.5 Å². The standard InChI is InChI=1S/C19H24N2O3/c1-3-21(19(23)15-11-13-8-9-14(15)10-13)12-18(22)20-16-6-4-5-7-17(16)24-2/h4-9,13-15H,3,10-12H2,1-2H3,(H,20,22)/t13-,14+,15+/m1/s1. The fourth-order valence-electron chi connectivity index (χ4n) is 3.76. The van der Waals surface area contributed by atoms with E-state index in [0.717, 1.165) is 12.8 Å². The van der Waals surface area contributed by atoms with Crippen molar-refractivity contribution in [3.63, 3.8) is 0 Å². The van der Waals surface area contributed by atoms with Crippen molar-refractivity contribution in [2.24, 2.45) is 17.8 Å². The summed E-state index contributed by atoms with van der Waals surface area (Å²) in [5.41, 5.74) is 0.622. The summed E-state index contributed by atoms with van der Waals surface area (Å²) in [7, 11) is 1.56. The topological polar surface area (TPSA) is 58.6 Å². The number of methoxy groups -OCH3 is 1. The zero-order valence-corrected chi connectivity index (χ0v) is 14.2. The molecule has 0 aliphatic heterocycles. The summed E-state index contributed by atoms with van der Waals surface area (Å²) in [5.74, 6) is 1.45. The average molecular weight is 328 g/mol. The fourth-order valence-corrected chi connectivity index (χ4v) is 3.76. The highest BCUT2D eigenvalue weighted by Gasteiger charge is 2.41. The summed E-state index contributed by atoms with van der Waals surface area (Å²) < 4.78 is 5.24. The van der Waals surface area contributed by atoms with Gasteiger partial charge in [-0.1, -0.05) is 24.3 Å². The van der Waals surface area contributed by atoms with E-state index in [1.165, 1.54) is 0 Å². The average Bonchev–Trinajstić information content (AvgIpc) is 3.22. The van der Waals surface area contributed by atoms with Gasteiger partial charge in [-0.15, -0.1) is 0 Å². The molecule has 2 bridgehead atoms. The summed E-state index contributed by atoms with van der Waals surface area (Å²) >= 11 is 0. The molecule has 0 saturated heterocycles. The van der Waals surface area contributed by atoms with Gasteiger partial charge in [0.25, 0.3) is 0 Å². The van der Waals surface area contributed by atoms with Gasteiger partial charge in [0, 0.05) is 12.5 Å². The van der Waals surface area contributed by atoms with Crippen molar-refractivity contribution in [1.82, 2.24) is 4.90 Å². The molecule has 1 aromatic rings. The van der Waals surface area contributed by atoms with Crippen molar-refractivity contribution >= 4 is 17.5 Å². The van der Waals surface area contributed by atoms with Crippen molar-refractivity contribution < 1.29 is 14.3 Å². The summed E-state index contributed by atoms with van der Waals surface area (Å²) in [6.45, 7) is 2.53. The van der Waals surface area contributed by atoms with Gasteiger partial charge in [0.05, 0.1) is 19.3 Å². The minimum Gasteiger partial charge on any atom is -0.495 e. The number of likely N-dealkylation sites (N-methyl/N-ethyl adjacent to an activating group) is 1. The third-order valence-electron chi connectivity index (χ3n) is 5.01. The molecule has 5 nitrogen and oxygen atoms in total. The summed E-state index contributed by atoms with van der Waals surface area (Å²) in [6.07, 6.45) is 6.39. The van der Waals surface area contributed by atoms with Crippen LogP contribution < -0.4 is 10.1 Å². The number of hydrogen-bond donors (Lipinski definition) is 1. The van der Waals surface area contributed by atoms with E-state index in [1.54, 1.807) is 24.1 Å². The molecule has 2 aliphatic carbocycles. The maximum atomic E-state index is 12.8. The minimum atomic E-state index is -0.201. The number of ether oxygens (including phenoxy) is 1. The van der Waals surface area contributed by atoms with Crippen LogP contribution in [0.5, 0.6) is 5.75 Å². The normalized spacial score (nSPS) is 24.0. The molecule has 2 amide bonds. The van der Waals surface area contributed by atoms with Crippen molar-refractivity contribution in [2.45, 2.75) is 19.8 Å². The molecule has 3 rings (SSSR count). The molecule has 24 heavy (non-hydrogen) atoms. The second kappa shape index (κ2) is 7.07. The zero-order valence-electron chi connectivity index (χ0n) is 14.2. The van der Waals surface area contributed by atoms with E-state index in [1.807, 2.05) is 19.1 Å². The first-order chi connectivity index (χ1) is 11.6. The van der Waals surface area contributed by atoms with Gasteiger partial charge in [0.15, 0.2) is 0 Å². The van der Waals surface area contributed by atoms with Gasteiger partial charge in [0.1, 0.15) is 5.75 Å². The largest absolute Gasteiger partial charge is 0.495 e. The monoisotopic (exact) mass is 328 g/mol. The van der Waals surface area contributed by atoms with Gasteiger partial charge in [-0.25, -0.2) is 0 Å². The number of para-hydroxylation sites is 2. The molecule has 1 aromatic carbocycles. The van der Waals surface area contributed by atoms with E-state index in [4.69, 9.17) is 4.74 Å². The maximum Gasteiger partial charge on any atom is 0.244 e. The number of rotatable bonds is 6. The van der Waals surface area contributed by atoms with Crippen molar-refractivity contribution in [3.8, 4) is 5.75 Å². The Kier molecular flexibility index (Phi) is 4.88. The van der Waals surface area contributed by atoms with Crippen LogP contribution in [0.25, 0.3) is 0 Å². The Hall–Kier alpha value is -2.30. The SMILES string of the molecule is CCN(CC(=O)Nc1ccccc1OC)C(=O)[C@H]1C[C@@H]2C=C[C@H]1C2. The number of anilines is 1. The molecule has 1 N–H and O–H groups in total. The molecular formula is C19H24N2O3. The molecule has 0 heterocycles. The Morgan fingerprint density at radius 3 is 2.67 bits per heavy atom. The van der Waals surface area contributed by atoms with Crippen LogP contribution in [-0.2, 0) is 9.59 Å². The second-order valence-electron chi connectivity index (χ2n) is 6.49. The van der Waals surface area contributed by atoms with Crippen LogP contribution in [0.1, 0.15) is 19.8 Å². The highest BCUT2D eigenvalue weighted by Crippen LogP contribution is 2.44. The molecule has 1 fully saturated rings. The lowest BCUT2D eigenvalue weighted by Crippen LogP contribution is -2.42. The summed E-state index contributed by atoms with van der Waals surface area (Å²) in [5, 5.41) is 2.83. The molecule has 0 radical (unpaired) electrons. The number of allylic oxidation sites excluding steroid dienone is 2. The van der Waals surface area contributed by atoms with Gasteiger partial charge in [-0.2, -0.15) is 0 Å². The van der Waals surface area contributed by atoms with Crippen molar-refractivity contribution in [1.29, 1.82) is 0 Å². The molecule has 5 heteroatoms. The first-order valence-corrected chi connectivity index (χ1v) is 8.52. The Morgan fingerprint density at radius 2 is 2.04 bits per heavy atom. The number of nitrogens with zero attached hydrogens (tertiary/aromatic N) is 1. The van der Waals surface area contributed by atoms with Gasteiger partial charge in [-0.3, -0.25) is 9.59 Å². The molecule has 0 aromatic heterocycles. The third-order valence-corrected chi connectivity index (χ3v) is 5.01. The number of nitrogens with one attached hydrogen (secondary N) is 1. The first kappa shape index (κ1) is 16.6. The third kappa shape index (κ3) is 3.30. The smallest absolute Gasteiger partial charge is 0.244 e. The van der Waals surface area contributed by atoms with E-state index in [9.17, 15) is 9.59 Å². The van der Waals surface area contributed by atoms with Crippen molar-refractivity contribution in [3.05, 3.63) is 36.4 Å². The van der Waals surface area contributed by atoms with Crippen LogP contribution in [0.15, 0.2) is 36.4 Å². The molecule has 128 valence electrons. The van der Waals surface area contributed by atoms with Gasteiger partial charge in [0.2, 0.25) is 11.8 Å². The minimum absolute atomic E-state index is 0.0408. The Morgan fingerprint density at radius 1 is 1.25 bits per heavy atom. The van der Waals surface area contributed by atoms with Crippen LogP contribution in [0, 0.1) is 17.8 Å². The molecule has 2 aliphatic rings. The highest BCUT2D eigenvalue weighted by molar-refractivity contribution is 5.96. The molecule has 0 unspecified atom stereocenters. The van der Waals surface area contributed by atoms with Crippen LogP contribution in [0.2, 0.25) is 0 Å². The number of fused-ring (bicyclic) bond motifs is 2. The molecule has 3 atom stereocenters. The predicted molar refractivity (Wildman–Crippen MR) is 92.7 cm³/mol. The number of hydrogen-bond acceptors (Lipinski definition) is 3. The quantitative estimate of drug-likeness (QED) is 0.817. The van der Waals surface area contributed by atoms with Crippen LogP contribution >= 0.6 is 0 Å². The van der Waals surface area contributed by atoms with Gasteiger partial charge in [-0.05, 0) is 43.7 Å². The Balaban J connectivity index is 1.61. The summed E-state index contributed by atoms with van der Waals surface area (Å²) in [4.78, 5) is 26.8. The highest BCUT2D eigenvalue weighted by atomic mass is 16.5. The van der Waals surface area contributed by atoms with Crippen LogP contribution in [-0.4, -0.2) is 36.9 Å². The second-order valence-corrected chi connectivity index (χ2v) is 6.49. The predicted octanol–water partition coefficient (Wildman–Crippen LogP) is 2.69. The van der Waals surface area contributed by atoms with E-state index in [-0.39, 0.29) is 24.3 Å². The Bertz CT molecular complexity index is 656. The molecule has 0 spiro atoms. The molecular weight excluding hydrogens is 304 g/mol. The van der Waals surface area contributed by atoms with E-state index in [2.05, 4.69) is 17.5 Å². The molecule has 1 saturated carbocycles. The Labute approximate surface area is 142 Å². The van der Waals surface area contributed by atoms with Crippen LogP contribution in [0.4, 0.5) is 5.69 Å².